The fraction of sp³-hybridized carbons (Fsp3) is 0.227. The molecule has 3 heteroatoms. The zero-order chi connectivity index (χ0) is 17.7. The highest BCUT2D eigenvalue weighted by Crippen LogP contribution is 2.23. The Labute approximate surface area is 148 Å². The van der Waals surface area contributed by atoms with E-state index in [1.165, 1.54) is 5.39 Å². The van der Waals surface area contributed by atoms with Crippen molar-refractivity contribution in [2.75, 3.05) is 13.2 Å². The monoisotopic (exact) mass is 333 g/mol. The summed E-state index contributed by atoms with van der Waals surface area (Å²) in [5.41, 5.74) is 0.437. The van der Waals surface area contributed by atoms with Gasteiger partial charge in [-0.25, -0.2) is 0 Å². The van der Waals surface area contributed by atoms with E-state index in [1.54, 1.807) is 0 Å². The van der Waals surface area contributed by atoms with Gasteiger partial charge < -0.3 is 10.1 Å². The predicted octanol–water partition coefficient (Wildman–Crippen LogP) is 4.31. The summed E-state index contributed by atoms with van der Waals surface area (Å²) >= 11 is 0. The molecular weight excluding hydrogens is 310 g/mol. The van der Waals surface area contributed by atoms with Gasteiger partial charge in [0.05, 0.1) is 12.0 Å². The molecule has 3 rings (SSSR count). The lowest BCUT2D eigenvalue weighted by Gasteiger charge is -2.24. The van der Waals surface area contributed by atoms with Gasteiger partial charge in [-0.3, -0.25) is 4.79 Å². The Morgan fingerprint density at radius 3 is 2.36 bits per heavy atom. The summed E-state index contributed by atoms with van der Waals surface area (Å²) in [7, 11) is 0. The Balaban J connectivity index is 1.53. The van der Waals surface area contributed by atoms with E-state index in [2.05, 4.69) is 17.4 Å². The van der Waals surface area contributed by atoms with E-state index in [0.29, 0.717) is 13.2 Å². The topological polar surface area (TPSA) is 38.3 Å². The van der Waals surface area contributed by atoms with E-state index in [1.807, 2.05) is 74.5 Å². The molecule has 0 atom stereocenters. The predicted molar refractivity (Wildman–Crippen MR) is 102 cm³/mol. The first-order chi connectivity index (χ1) is 12.1. The molecule has 3 aromatic carbocycles. The van der Waals surface area contributed by atoms with Crippen molar-refractivity contribution in [3.05, 3.63) is 78.4 Å². The average Bonchev–Trinajstić information content (AvgIpc) is 2.65. The molecule has 0 aliphatic heterocycles. The molecule has 25 heavy (non-hydrogen) atoms. The second kappa shape index (κ2) is 7.39. The summed E-state index contributed by atoms with van der Waals surface area (Å²) in [4.78, 5) is 12.5. The van der Waals surface area contributed by atoms with Crippen LogP contribution in [0.1, 0.15) is 19.4 Å². The summed E-state index contributed by atoms with van der Waals surface area (Å²) < 4.78 is 5.77. The number of benzene rings is 3. The fourth-order valence-electron chi connectivity index (χ4n) is 2.80. The zero-order valence-electron chi connectivity index (χ0n) is 14.7. The van der Waals surface area contributed by atoms with E-state index in [-0.39, 0.29) is 5.91 Å². The minimum Gasteiger partial charge on any atom is -0.492 e. The molecular formula is C22H23NO2. The number of amides is 1. The minimum absolute atomic E-state index is 0.000751. The minimum atomic E-state index is -0.565. The first-order valence-electron chi connectivity index (χ1n) is 8.53. The maximum absolute atomic E-state index is 12.5. The Morgan fingerprint density at radius 2 is 1.60 bits per heavy atom. The first-order valence-corrected chi connectivity index (χ1v) is 8.53. The molecule has 0 bridgehead atoms. The number of hydrogen-bond donors (Lipinski definition) is 1. The third-order valence-electron chi connectivity index (χ3n) is 4.44. The molecule has 0 aromatic heterocycles. The first kappa shape index (κ1) is 17.0. The van der Waals surface area contributed by atoms with E-state index in [9.17, 15) is 4.79 Å². The lowest BCUT2D eigenvalue weighted by atomic mass is 9.84. The molecule has 1 N–H and O–H groups in total. The van der Waals surface area contributed by atoms with Crippen molar-refractivity contribution in [2.45, 2.75) is 19.3 Å². The van der Waals surface area contributed by atoms with Crippen molar-refractivity contribution in [3.63, 3.8) is 0 Å². The normalized spacial score (nSPS) is 11.3. The van der Waals surface area contributed by atoms with Crippen LogP contribution in [0.25, 0.3) is 10.8 Å². The van der Waals surface area contributed by atoms with E-state index >= 15 is 0 Å². The van der Waals surface area contributed by atoms with Gasteiger partial charge in [0.25, 0.3) is 0 Å². The Bertz CT molecular complexity index is 856. The number of fused-ring (bicyclic) bond motifs is 1. The molecule has 3 nitrogen and oxygen atoms in total. The number of hydrogen-bond acceptors (Lipinski definition) is 2. The van der Waals surface area contributed by atoms with Gasteiger partial charge in [-0.1, -0.05) is 60.7 Å². The Kier molecular flexibility index (Phi) is 5.03. The van der Waals surface area contributed by atoms with E-state index in [4.69, 9.17) is 4.74 Å². The summed E-state index contributed by atoms with van der Waals surface area (Å²) in [5.74, 6) is 0.816. The van der Waals surface area contributed by atoms with Gasteiger partial charge in [0.1, 0.15) is 12.4 Å². The van der Waals surface area contributed by atoms with Crippen LogP contribution >= 0.6 is 0 Å². The average molecular weight is 333 g/mol. The van der Waals surface area contributed by atoms with E-state index < -0.39 is 5.41 Å². The Hall–Kier alpha value is -2.81. The molecule has 0 aliphatic carbocycles. The van der Waals surface area contributed by atoms with Gasteiger partial charge in [-0.2, -0.15) is 0 Å². The lowest BCUT2D eigenvalue weighted by molar-refractivity contribution is -0.125. The number of ether oxygens (including phenoxy) is 1. The van der Waals surface area contributed by atoms with Crippen molar-refractivity contribution in [3.8, 4) is 5.75 Å². The molecule has 0 saturated heterocycles. The van der Waals surface area contributed by atoms with Crippen molar-refractivity contribution < 1.29 is 9.53 Å². The molecule has 0 unspecified atom stereocenters. The number of carbonyl (C=O) groups excluding carboxylic acids is 1. The van der Waals surface area contributed by atoms with Crippen molar-refractivity contribution in [1.29, 1.82) is 0 Å². The summed E-state index contributed by atoms with van der Waals surface area (Å²) in [5, 5.41) is 5.30. The third-order valence-corrected chi connectivity index (χ3v) is 4.44. The maximum Gasteiger partial charge on any atom is 0.230 e. The molecule has 3 aromatic rings. The SMILES string of the molecule is CC(C)(C(=O)NCCOc1ccc2ccccc2c1)c1ccccc1. The van der Waals surface area contributed by atoms with Crippen LogP contribution in [0.4, 0.5) is 0 Å². The third kappa shape index (κ3) is 4.00. The number of nitrogens with one attached hydrogen (secondary N) is 1. The van der Waals surface area contributed by atoms with Gasteiger partial charge in [-0.15, -0.1) is 0 Å². The lowest BCUT2D eigenvalue weighted by Crippen LogP contribution is -2.41. The molecule has 128 valence electrons. The molecule has 0 radical (unpaired) electrons. The van der Waals surface area contributed by atoms with Crippen LogP contribution in [0.3, 0.4) is 0 Å². The van der Waals surface area contributed by atoms with Crippen LogP contribution < -0.4 is 10.1 Å². The highest BCUT2D eigenvalue weighted by atomic mass is 16.5. The highest BCUT2D eigenvalue weighted by molar-refractivity contribution is 5.87. The largest absolute Gasteiger partial charge is 0.492 e. The maximum atomic E-state index is 12.5. The van der Waals surface area contributed by atoms with Crippen LogP contribution in [0.2, 0.25) is 0 Å². The molecule has 1 amide bonds. The zero-order valence-corrected chi connectivity index (χ0v) is 14.7. The van der Waals surface area contributed by atoms with Gasteiger partial charge in [0, 0.05) is 0 Å². The molecule has 0 fully saturated rings. The van der Waals surface area contributed by atoms with Gasteiger partial charge in [0.2, 0.25) is 5.91 Å². The van der Waals surface area contributed by atoms with Crippen LogP contribution in [0.15, 0.2) is 72.8 Å². The highest BCUT2D eigenvalue weighted by Gasteiger charge is 2.29. The molecule has 0 heterocycles. The van der Waals surface area contributed by atoms with Gasteiger partial charge in [0.15, 0.2) is 0 Å². The number of rotatable bonds is 6. The quantitative estimate of drug-likeness (QED) is 0.683. The van der Waals surface area contributed by atoms with Gasteiger partial charge in [-0.05, 0) is 42.3 Å². The summed E-state index contributed by atoms with van der Waals surface area (Å²) in [6.07, 6.45) is 0. The second-order valence-corrected chi connectivity index (χ2v) is 6.60. The van der Waals surface area contributed by atoms with Crippen LogP contribution in [0, 0.1) is 0 Å². The molecule has 0 saturated carbocycles. The second-order valence-electron chi connectivity index (χ2n) is 6.60. The molecule has 0 spiro atoms. The Morgan fingerprint density at radius 1 is 0.920 bits per heavy atom. The van der Waals surface area contributed by atoms with Crippen LogP contribution in [0.5, 0.6) is 5.75 Å². The van der Waals surface area contributed by atoms with Crippen molar-refractivity contribution >= 4 is 16.7 Å². The smallest absolute Gasteiger partial charge is 0.230 e. The standard InChI is InChI=1S/C22H23NO2/c1-22(2,19-10-4-3-5-11-19)21(24)23-14-15-25-20-13-12-17-8-6-7-9-18(17)16-20/h3-13,16H,14-15H2,1-2H3,(H,23,24). The number of carbonyl (C=O) groups is 1. The van der Waals surface area contributed by atoms with E-state index in [0.717, 1.165) is 16.7 Å². The summed E-state index contributed by atoms with van der Waals surface area (Å²) in [6, 6.07) is 24.0. The molecule has 0 aliphatic rings. The van der Waals surface area contributed by atoms with Gasteiger partial charge >= 0.3 is 0 Å². The van der Waals surface area contributed by atoms with Crippen molar-refractivity contribution in [2.24, 2.45) is 0 Å². The fourth-order valence-corrected chi connectivity index (χ4v) is 2.80. The van der Waals surface area contributed by atoms with Crippen molar-refractivity contribution in [1.82, 2.24) is 5.32 Å². The van der Waals surface area contributed by atoms with Crippen LogP contribution in [-0.2, 0) is 10.2 Å². The summed E-state index contributed by atoms with van der Waals surface area (Å²) in [6.45, 7) is 4.78. The van der Waals surface area contributed by atoms with Crippen LogP contribution in [-0.4, -0.2) is 19.1 Å².